The second-order valence-corrected chi connectivity index (χ2v) is 7.47. The van der Waals surface area contributed by atoms with Crippen LogP contribution in [0, 0.1) is 5.92 Å². The van der Waals surface area contributed by atoms with E-state index in [0.717, 1.165) is 25.1 Å². The number of rotatable bonds is 4. The van der Waals surface area contributed by atoms with E-state index in [-0.39, 0.29) is 5.75 Å². The van der Waals surface area contributed by atoms with E-state index in [1.165, 1.54) is 0 Å². The van der Waals surface area contributed by atoms with Gasteiger partial charge in [-0.2, -0.15) is 0 Å². The highest BCUT2D eigenvalue weighted by molar-refractivity contribution is 7.91. The third-order valence-corrected chi connectivity index (χ3v) is 5.19. The molecule has 18 heavy (non-hydrogen) atoms. The van der Waals surface area contributed by atoms with Crippen molar-refractivity contribution in [2.75, 3.05) is 18.8 Å². The fourth-order valence-electron chi connectivity index (χ4n) is 2.42. The molecule has 1 heterocycles. The largest absolute Gasteiger partial charge is 0.316 e. The molecule has 0 aliphatic carbocycles. The molecule has 0 aromatic heterocycles. The second kappa shape index (κ2) is 5.41. The van der Waals surface area contributed by atoms with E-state index in [9.17, 15) is 8.42 Å². The first-order chi connectivity index (χ1) is 8.50. The second-order valence-electron chi connectivity index (χ2n) is 5.39. The molecule has 0 radical (unpaired) electrons. The van der Waals surface area contributed by atoms with E-state index in [4.69, 9.17) is 0 Å². The fourth-order valence-corrected chi connectivity index (χ4v) is 4.12. The average molecular weight is 267 g/mol. The van der Waals surface area contributed by atoms with Crippen LogP contribution in [0.15, 0.2) is 29.2 Å². The van der Waals surface area contributed by atoms with Gasteiger partial charge in [0, 0.05) is 6.54 Å². The summed E-state index contributed by atoms with van der Waals surface area (Å²) in [7, 11) is -3.04. The van der Waals surface area contributed by atoms with Gasteiger partial charge in [0.15, 0.2) is 9.84 Å². The summed E-state index contributed by atoms with van der Waals surface area (Å²) in [5, 5.41) is 3.43. The minimum absolute atomic E-state index is 0.276. The predicted molar refractivity (Wildman–Crippen MR) is 73.6 cm³/mol. The molecule has 0 spiro atoms. The Labute approximate surface area is 110 Å². The van der Waals surface area contributed by atoms with Gasteiger partial charge in [-0.05, 0) is 36.4 Å². The molecule has 0 saturated heterocycles. The molecule has 1 unspecified atom stereocenters. The third kappa shape index (κ3) is 2.93. The monoisotopic (exact) mass is 267 g/mol. The fraction of sp³-hybridized carbons (Fsp3) is 0.571. The van der Waals surface area contributed by atoms with Crippen molar-refractivity contribution in [1.29, 1.82) is 0 Å². The number of benzene rings is 1. The Hall–Kier alpha value is -0.870. The molecule has 0 amide bonds. The predicted octanol–water partition coefficient (Wildman–Crippen LogP) is 2.19. The standard InChI is InChI=1S/C14H21NO2S/c1-11(2)9-15-10-12-7-8-18(16,17)14-6-4-3-5-13(12)14/h3-6,11-12,15H,7-10H2,1-2H3. The van der Waals surface area contributed by atoms with E-state index in [0.29, 0.717) is 16.7 Å². The zero-order chi connectivity index (χ0) is 13.2. The summed E-state index contributed by atoms with van der Waals surface area (Å²) in [5.74, 6) is 1.22. The van der Waals surface area contributed by atoms with Gasteiger partial charge in [0.25, 0.3) is 0 Å². The summed E-state index contributed by atoms with van der Waals surface area (Å²) in [6, 6.07) is 7.42. The lowest BCUT2D eigenvalue weighted by Gasteiger charge is -2.26. The van der Waals surface area contributed by atoms with E-state index < -0.39 is 9.84 Å². The van der Waals surface area contributed by atoms with Crippen LogP contribution in [-0.4, -0.2) is 27.3 Å². The molecule has 100 valence electrons. The molecule has 0 fully saturated rings. The van der Waals surface area contributed by atoms with Crippen molar-refractivity contribution in [2.45, 2.75) is 31.1 Å². The van der Waals surface area contributed by atoms with Gasteiger partial charge in [-0.3, -0.25) is 0 Å². The van der Waals surface area contributed by atoms with Gasteiger partial charge >= 0.3 is 0 Å². The topological polar surface area (TPSA) is 46.2 Å². The van der Waals surface area contributed by atoms with Crippen molar-refractivity contribution in [3.05, 3.63) is 29.8 Å². The van der Waals surface area contributed by atoms with Crippen LogP contribution in [0.4, 0.5) is 0 Å². The zero-order valence-corrected chi connectivity index (χ0v) is 11.8. The summed E-state index contributed by atoms with van der Waals surface area (Å²) >= 11 is 0. The maximum absolute atomic E-state index is 12.0. The quantitative estimate of drug-likeness (QED) is 0.909. The molecular weight excluding hydrogens is 246 g/mol. The van der Waals surface area contributed by atoms with Crippen molar-refractivity contribution in [3.63, 3.8) is 0 Å². The van der Waals surface area contributed by atoms with Crippen LogP contribution in [0.25, 0.3) is 0 Å². The number of nitrogens with one attached hydrogen (secondary N) is 1. The highest BCUT2D eigenvalue weighted by atomic mass is 32.2. The molecule has 0 bridgehead atoms. The summed E-state index contributed by atoms with van der Waals surface area (Å²) < 4.78 is 24.0. The van der Waals surface area contributed by atoms with Crippen LogP contribution in [0.2, 0.25) is 0 Å². The van der Waals surface area contributed by atoms with Gasteiger partial charge in [-0.15, -0.1) is 0 Å². The zero-order valence-electron chi connectivity index (χ0n) is 11.0. The van der Waals surface area contributed by atoms with Crippen molar-refractivity contribution in [1.82, 2.24) is 5.32 Å². The van der Waals surface area contributed by atoms with Gasteiger partial charge in [-0.25, -0.2) is 8.42 Å². The highest BCUT2D eigenvalue weighted by Crippen LogP contribution is 2.32. The lowest BCUT2D eigenvalue weighted by atomic mass is 9.95. The Morgan fingerprint density at radius 2 is 2.06 bits per heavy atom. The van der Waals surface area contributed by atoms with E-state index in [1.807, 2.05) is 12.1 Å². The Balaban J connectivity index is 2.16. The number of sulfone groups is 1. The summed E-state index contributed by atoms with van der Waals surface area (Å²) in [4.78, 5) is 0.535. The van der Waals surface area contributed by atoms with Gasteiger partial charge < -0.3 is 5.32 Å². The van der Waals surface area contributed by atoms with Crippen LogP contribution in [0.5, 0.6) is 0 Å². The van der Waals surface area contributed by atoms with Crippen molar-refractivity contribution in [2.24, 2.45) is 5.92 Å². The van der Waals surface area contributed by atoms with E-state index >= 15 is 0 Å². The summed E-state index contributed by atoms with van der Waals surface area (Å²) in [6.45, 7) is 6.19. The van der Waals surface area contributed by atoms with Crippen molar-refractivity contribution >= 4 is 9.84 Å². The first kappa shape index (κ1) is 13.6. The average Bonchev–Trinajstić information content (AvgIpc) is 2.32. The lowest BCUT2D eigenvalue weighted by Crippen LogP contribution is -2.30. The summed E-state index contributed by atoms with van der Waals surface area (Å²) in [5.41, 5.74) is 0.986. The molecule has 1 aromatic carbocycles. The van der Waals surface area contributed by atoms with Crippen LogP contribution >= 0.6 is 0 Å². The normalized spacial score (nSPS) is 21.8. The Kier molecular flexibility index (Phi) is 4.07. The molecule has 4 heteroatoms. The van der Waals surface area contributed by atoms with Crippen LogP contribution in [-0.2, 0) is 9.84 Å². The van der Waals surface area contributed by atoms with Crippen molar-refractivity contribution < 1.29 is 8.42 Å². The SMILES string of the molecule is CC(C)CNCC1CCS(=O)(=O)c2ccccc21. The van der Waals surface area contributed by atoms with Gasteiger partial charge in [0.05, 0.1) is 10.6 Å². The van der Waals surface area contributed by atoms with Gasteiger partial charge in [-0.1, -0.05) is 32.0 Å². The number of fused-ring (bicyclic) bond motifs is 1. The molecule has 3 nitrogen and oxygen atoms in total. The molecular formula is C14H21NO2S. The molecule has 1 aliphatic heterocycles. The first-order valence-corrected chi connectivity index (χ1v) is 8.18. The Bertz CT molecular complexity index is 508. The maximum atomic E-state index is 12.0. The first-order valence-electron chi connectivity index (χ1n) is 6.53. The molecule has 0 saturated carbocycles. The van der Waals surface area contributed by atoms with E-state index in [2.05, 4.69) is 19.2 Å². The van der Waals surface area contributed by atoms with Gasteiger partial charge in [0.2, 0.25) is 0 Å². The molecule has 2 rings (SSSR count). The van der Waals surface area contributed by atoms with Crippen LogP contribution < -0.4 is 5.32 Å². The maximum Gasteiger partial charge on any atom is 0.178 e. The third-order valence-electron chi connectivity index (χ3n) is 3.37. The number of hydrogen-bond donors (Lipinski definition) is 1. The van der Waals surface area contributed by atoms with Crippen LogP contribution in [0.3, 0.4) is 0 Å². The van der Waals surface area contributed by atoms with Crippen molar-refractivity contribution in [3.8, 4) is 0 Å². The smallest absolute Gasteiger partial charge is 0.178 e. The summed E-state index contributed by atoms with van der Waals surface area (Å²) in [6.07, 6.45) is 0.727. The lowest BCUT2D eigenvalue weighted by molar-refractivity contribution is 0.496. The molecule has 1 atom stereocenters. The molecule has 1 aliphatic rings. The van der Waals surface area contributed by atoms with Crippen LogP contribution in [0.1, 0.15) is 31.7 Å². The van der Waals surface area contributed by atoms with E-state index in [1.54, 1.807) is 12.1 Å². The Morgan fingerprint density at radius 3 is 2.78 bits per heavy atom. The minimum Gasteiger partial charge on any atom is -0.316 e. The molecule has 1 aromatic rings. The number of hydrogen-bond acceptors (Lipinski definition) is 3. The highest BCUT2D eigenvalue weighted by Gasteiger charge is 2.29. The Morgan fingerprint density at radius 1 is 1.33 bits per heavy atom. The molecule has 1 N–H and O–H groups in total. The minimum atomic E-state index is -3.04. The van der Waals surface area contributed by atoms with Gasteiger partial charge in [0.1, 0.15) is 0 Å².